The first-order valence-corrected chi connectivity index (χ1v) is 6.41. The van der Waals surface area contributed by atoms with Crippen LogP contribution in [0.1, 0.15) is 10.4 Å². The van der Waals surface area contributed by atoms with Crippen molar-refractivity contribution in [3.63, 3.8) is 0 Å². The number of nitrogens with two attached hydrogens (primary N) is 1. The van der Waals surface area contributed by atoms with Crippen LogP contribution in [0.25, 0.3) is 0 Å². The third-order valence-corrected chi connectivity index (χ3v) is 3.23. The van der Waals surface area contributed by atoms with Crippen molar-refractivity contribution in [3.8, 4) is 17.2 Å². The molecule has 1 amide bonds. The molecule has 0 spiro atoms. The Morgan fingerprint density at radius 1 is 1.24 bits per heavy atom. The molecule has 0 bridgehead atoms. The highest BCUT2D eigenvalue weighted by atomic mass is 35.5. The van der Waals surface area contributed by atoms with E-state index in [0.717, 1.165) is 0 Å². The van der Waals surface area contributed by atoms with Gasteiger partial charge in [-0.25, -0.2) is 0 Å². The van der Waals surface area contributed by atoms with Crippen molar-refractivity contribution < 1.29 is 19.4 Å². The van der Waals surface area contributed by atoms with E-state index in [0.29, 0.717) is 27.9 Å². The zero-order valence-electron chi connectivity index (χ0n) is 10.7. The third-order valence-electron chi connectivity index (χ3n) is 3.00. The number of anilines is 2. The molecule has 4 N–H and O–H groups in total. The van der Waals surface area contributed by atoms with E-state index in [1.54, 1.807) is 12.1 Å². The number of carbonyl (C=O) groups excluding carboxylic acids is 1. The molecule has 3 rings (SSSR count). The summed E-state index contributed by atoms with van der Waals surface area (Å²) in [6, 6.07) is 7.37. The largest absolute Gasteiger partial charge is 0.507 e. The fourth-order valence-electron chi connectivity index (χ4n) is 1.95. The SMILES string of the molecule is Nc1cc2c(cc1NC(=O)c1ccc(Cl)cc1O)OCO2. The zero-order chi connectivity index (χ0) is 15.0. The van der Waals surface area contributed by atoms with Gasteiger partial charge in [0.25, 0.3) is 5.91 Å². The standard InChI is InChI=1S/C14H11ClN2O4/c15-7-1-2-8(11(18)3-7)14(19)17-10-5-13-12(4-9(10)16)20-6-21-13/h1-5,18H,6,16H2,(H,17,19). The Morgan fingerprint density at radius 2 is 1.95 bits per heavy atom. The number of phenols is 1. The molecule has 108 valence electrons. The monoisotopic (exact) mass is 306 g/mol. The number of rotatable bonds is 2. The highest BCUT2D eigenvalue weighted by Gasteiger charge is 2.18. The molecule has 0 aliphatic carbocycles. The van der Waals surface area contributed by atoms with Gasteiger partial charge in [0.05, 0.1) is 16.9 Å². The molecule has 21 heavy (non-hydrogen) atoms. The van der Waals surface area contributed by atoms with Gasteiger partial charge in [-0.3, -0.25) is 4.79 Å². The van der Waals surface area contributed by atoms with Gasteiger partial charge in [0.1, 0.15) is 5.75 Å². The van der Waals surface area contributed by atoms with Gasteiger partial charge in [0.2, 0.25) is 6.79 Å². The van der Waals surface area contributed by atoms with Crippen molar-refractivity contribution >= 4 is 28.9 Å². The number of aromatic hydroxyl groups is 1. The Morgan fingerprint density at radius 3 is 2.67 bits per heavy atom. The van der Waals surface area contributed by atoms with E-state index < -0.39 is 5.91 Å². The number of nitrogens with one attached hydrogen (secondary N) is 1. The summed E-state index contributed by atoms with van der Waals surface area (Å²) < 4.78 is 10.4. The van der Waals surface area contributed by atoms with Crippen molar-refractivity contribution in [3.05, 3.63) is 40.9 Å². The number of phenolic OH excluding ortho intramolecular Hbond substituents is 1. The maximum atomic E-state index is 12.2. The third kappa shape index (κ3) is 2.53. The molecule has 0 radical (unpaired) electrons. The van der Waals surface area contributed by atoms with Crippen LogP contribution in [0.5, 0.6) is 17.2 Å². The van der Waals surface area contributed by atoms with Gasteiger partial charge in [-0.15, -0.1) is 0 Å². The number of hydrogen-bond acceptors (Lipinski definition) is 5. The lowest BCUT2D eigenvalue weighted by Gasteiger charge is -2.10. The van der Waals surface area contributed by atoms with Crippen molar-refractivity contribution in [1.29, 1.82) is 0 Å². The number of nitrogen functional groups attached to an aromatic ring is 1. The van der Waals surface area contributed by atoms with E-state index in [4.69, 9.17) is 26.8 Å². The molecule has 0 saturated heterocycles. The Balaban J connectivity index is 1.88. The number of carbonyl (C=O) groups is 1. The molecule has 0 aromatic heterocycles. The van der Waals surface area contributed by atoms with Gasteiger partial charge in [0, 0.05) is 17.2 Å². The van der Waals surface area contributed by atoms with Gasteiger partial charge in [-0.05, 0) is 18.2 Å². The number of amides is 1. The zero-order valence-corrected chi connectivity index (χ0v) is 11.5. The Hall–Kier alpha value is -2.60. The number of ether oxygens (including phenoxy) is 2. The normalized spacial score (nSPS) is 12.2. The lowest BCUT2D eigenvalue weighted by atomic mass is 10.1. The van der Waals surface area contributed by atoms with Gasteiger partial charge in [-0.1, -0.05) is 11.6 Å². The predicted molar refractivity (Wildman–Crippen MR) is 78.0 cm³/mol. The van der Waals surface area contributed by atoms with Crippen LogP contribution >= 0.6 is 11.6 Å². The molecule has 0 unspecified atom stereocenters. The van der Waals surface area contributed by atoms with Crippen LogP contribution in [-0.2, 0) is 0 Å². The average Bonchev–Trinajstić information content (AvgIpc) is 2.86. The first kappa shape index (κ1) is 13.4. The summed E-state index contributed by atoms with van der Waals surface area (Å²) >= 11 is 5.73. The van der Waals surface area contributed by atoms with Crippen LogP contribution in [-0.4, -0.2) is 17.8 Å². The summed E-state index contributed by atoms with van der Waals surface area (Å²) in [5.41, 5.74) is 6.65. The number of fused-ring (bicyclic) bond motifs is 1. The molecule has 1 aliphatic heterocycles. The van der Waals surface area contributed by atoms with Crippen LogP contribution in [0, 0.1) is 0 Å². The van der Waals surface area contributed by atoms with Crippen molar-refractivity contribution in [2.45, 2.75) is 0 Å². The summed E-state index contributed by atoms with van der Waals surface area (Å²) in [4.78, 5) is 12.2. The minimum Gasteiger partial charge on any atom is -0.507 e. The van der Waals surface area contributed by atoms with Crippen molar-refractivity contribution in [2.75, 3.05) is 17.8 Å². The molecule has 0 saturated carbocycles. The molecule has 2 aromatic rings. The molecule has 1 aliphatic rings. The second kappa shape index (κ2) is 5.06. The topological polar surface area (TPSA) is 93.8 Å². The van der Waals surface area contributed by atoms with E-state index >= 15 is 0 Å². The molecule has 0 atom stereocenters. The molecular formula is C14H11ClN2O4. The lowest BCUT2D eigenvalue weighted by Crippen LogP contribution is -2.13. The van der Waals surface area contributed by atoms with Crippen molar-refractivity contribution in [1.82, 2.24) is 0 Å². The van der Waals surface area contributed by atoms with Gasteiger partial charge < -0.3 is 25.6 Å². The Bertz CT molecular complexity index is 733. The molecule has 2 aromatic carbocycles. The molecular weight excluding hydrogens is 296 g/mol. The van der Waals surface area contributed by atoms with E-state index in [-0.39, 0.29) is 18.1 Å². The van der Waals surface area contributed by atoms with E-state index in [2.05, 4.69) is 5.32 Å². The van der Waals surface area contributed by atoms with Gasteiger partial charge >= 0.3 is 0 Å². The molecule has 0 fully saturated rings. The summed E-state index contributed by atoms with van der Waals surface area (Å²) in [7, 11) is 0. The predicted octanol–water partition coefficient (Wildman–Crippen LogP) is 2.61. The molecule has 1 heterocycles. The van der Waals surface area contributed by atoms with Crippen LogP contribution in [0.4, 0.5) is 11.4 Å². The summed E-state index contributed by atoms with van der Waals surface area (Å²) in [6.07, 6.45) is 0. The van der Waals surface area contributed by atoms with E-state index in [1.165, 1.54) is 18.2 Å². The van der Waals surface area contributed by atoms with Gasteiger partial charge in [0.15, 0.2) is 11.5 Å². The van der Waals surface area contributed by atoms with Crippen LogP contribution in [0.3, 0.4) is 0 Å². The van der Waals surface area contributed by atoms with Crippen LogP contribution < -0.4 is 20.5 Å². The van der Waals surface area contributed by atoms with Crippen LogP contribution in [0.2, 0.25) is 5.02 Å². The Kier molecular flexibility index (Phi) is 3.23. The summed E-state index contributed by atoms with van der Waals surface area (Å²) in [5.74, 6) is 0.314. The first-order chi connectivity index (χ1) is 10.0. The quantitative estimate of drug-likeness (QED) is 0.741. The number of halogens is 1. The summed E-state index contributed by atoms with van der Waals surface area (Å²) in [6.45, 7) is 0.115. The minimum atomic E-state index is -0.505. The first-order valence-electron chi connectivity index (χ1n) is 6.03. The minimum absolute atomic E-state index is 0.0940. The van der Waals surface area contributed by atoms with Crippen molar-refractivity contribution in [2.24, 2.45) is 0 Å². The maximum Gasteiger partial charge on any atom is 0.259 e. The maximum absolute atomic E-state index is 12.2. The smallest absolute Gasteiger partial charge is 0.259 e. The fraction of sp³-hybridized carbons (Fsp3) is 0.0714. The highest BCUT2D eigenvalue weighted by Crippen LogP contribution is 2.38. The van der Waals surface area contributed by atoms with Gasteiger partial charge in [-0.2, -0.15) is 0 Å². The Labute approximate surface area is 125 Å². The molecule has 7 heteroatoms. The second-order valence-corrected chi connectivity index (χ2v) is 4.84. The molecule has 6 nitrogen and oxygen atoms in total. The lowest BCUT2D eigenvalue weighted by molar-refractivity contribution is 0.102. The average molecular weight is 307 g/mol. The van der Waals surface area contributed by atoms with E-state index in [9.17, 15) is 9.90 Å². The number of hydrogen-bond donors (Lipinski definition) is 3. The second-order valence-electron chi connectivity index (χ2n) is 4.41. The summed E-state index contributed by atoms with van der Waals surface area (Å²) in [5, 5.41) is 12.7. The van der Waals surface area contributed by atoms with E-state index in [1.807, 2.05) is 0 Å². The number of benzene rings is 2. The fourth-order valence-corrected chi connectivity index (χ4v) is 2.12. The highest BCUT2D eigenvalue weighted by molar-refractivity contribution is 6.31. The van der Waals surface area contributed by atoms with Crippen LogP contribution in [0.15, 0.2) is 30.3 Å².